The zero-order chi connectivity index (χ0) is 13.8. The molecule has 0 spiro atoms. The van der Waals surface area contributed by atoms with Crippen molar-refractivity contribution in [1.82, 2.24) is 4.98 Å². The highest BCUT2D eigenvalue weighted by Crippen LogP contribution is 2.24. The quantitative estimate of drug-likeness (QED) is 0.801. The largest absolute Gasteiger partial charge is 0.466 e. The average molecular weight is 275 g/mol. The molecule has 0 aliphatic rings. The van der Waals surface area contributed by atoms with Crippen molar-refractivity contribution in [1.29, 1.82) is 0 Å². The predicted octanol–water partition coefficient (Wildman–Crippen LogP) is 3.53. The lowest BCUT2D eigenvalue weighted by molar-refractivity contribution is -0.142. The summed E-state index contributed by atoms with van der Waals surface area (Å²) in [5.41, 5.74) is 4.46. The highest BCUT2D eigenvalue weighted by Gasteiger charge is 2.10. The van der Waals surface area contributed by atoms with E-state index in [1.807, 2.05) is 5.38 Å². The number of carbonyl (C=O) groups is 1. The van der Waals surface area contributed by atoms with Gasteiger partial charge in [0.1, 0.15) is 5.01 Å². The molecule has 0 aliphatic carbocycles. The molecule has 0 N–H and O–H groups in total. The monoisotopic (exact) mass is 275 g/mol. The summed E-state index contributed by atoms with van der Waals surface area (Å²) in [6.45, 7) is 6.36. The Morgan fingerprint density at radius 2 is 1.95 bits per heavy atom. The summed E-state index contributed by atoms with van der Waals surface area (Å²) in [5.74, 6) is -0.219. The zero-order valence-electron chi connectivity index (χ0n) is 11.4. The van der Waals surface area contributed by atoms with Crippen molar-refractivity contribution in [2.24, 2.45) is 0 Å². The minimum atomic E-state index is -0.219. The maximum atomic E-state index is 11.4. The molecular formula is C15H17NO2S. The SMILES string of the molecule is CCOC(=O)Cc1nc(-c2cc(C)cc(C)c2)cs1. The van der Waals surface area contributed by atoms with Gasteiger partial charge in [-0.2, -0.15) is 0 Å². The van der Waals surface area contributed by atoms with E-state index < -0.39 is 0 Å². The van der Waals surface area contributed by atoms with E-state index in [0.717, 1.165) is 16.3 Å². The molecule has 0 aliphatic heterocycles. The summed E-state index contributed by atoms with van der Waals surface area (Å²) in [5, 5.41) is 2.79. The van der Waals surface area contributed by atoms with Crippen LogP contribution in [0.25, 0.3) is 11.3 Å². The van der Waals surface area contributed by atoms with Crippen molar-refractivity contribution in [3.63, 3.8) is 0 Å². The number of aryl methyl sites for hydroxylation is 2. The number of benzene rings is 1. The Bertz CT molecular complexity index is 569. The topological polar surface area (TPSA) is 39.2 Å². The highest BCUT2D eigenvalue weighted by atomic mass is 32.1. The van der Waals surface area contributed by atoms with Gasteiger partial charge >= 0.3 is 5.97 Å². The van der Waals surface area contributed by atoms with Crippen LogP contribution < -0.4 is 0 Å². The Morgan fingerprint density at radius 3 is 2.58 bits per heavy atom. The van der Waals surface area contributed by atoms with Crippen LogP contribution in [0.4, 0.5) is 0 Å². The second kappa shape index (κ2) is 5.97. The van der Waals surface area contributed by atoms with Gasteiger partial charge in [0.15, 0.2) is 0 Å². The Balaban J connectivity index is 2.18. The summed E-state index contributed by atoms with van der Waals surface area (Å²) in [4.78, 5) is 15.9. The fourth-order valence-corrected chi connectivity index (χ4v) is 2.77. The fraction of sp³-hybridized carbons (Fsp3) is 0.333. The lowest BCUT2D eigenvalue weighted by Gasteiger charge is -2.02. The number of ether oxygens (including phenoxy) is 1. The van der Waals surface area contributed by atoms with Crippen LogP contribution in [0.2, 0.25) is 0 Å². The molecule has 0 saturated heterocycles. The minimum Gasteiger partial charge on any atom is -0.466 e. The van der Waals surface area contributed by atoms with Gasteiger partial charge in [-0.15, -0.1) is 11.3 Å². The van der Waals surface area contributed by atoms with E-state index in [-0.39, 0.29) is 12.4 Å². The van der Waals surface area contributed by atoms with Crippen molar-refractivity contribution in [2.75, 3.05) is 6.61 Å². The Labute approximate surface area is 117 Å². The molecular weight excluding hydrogens is 258 g/mol. The van der Waals surface area contributed by atoms with Gasteiger partial charge in [-0.05, 0) is 32.9 Å². The molecule has 0 radical (unpaired) electrons. The number of nitrogens with zero attached hydrogens (tertiary/aromatic N) is 1. The van der Waals surface area contributed by atoms with E-state index in [4.69, 9.17) is 4.74 Å². The van der Waals surface area contributed by atoms with Gasteiger partial charge in [0.25, 0.3) is 0 Å². The molecule has 0 bridgehead atoms. The third kappa shape index (κ3) is 3.64. The normalized spacial score (nSPS) is 10.5. The van der Waals surface area contributed by atoms with Crippen molar-refractivity contribution in [2.45, 2.75) is 27.2 Å². The first-order valence-corrected chi connectivity index (χ1v) is 7.15. The van der Waals surface area contributed by atoms with Crippen LogP contribution in [0.15, 0.2) is 23.6 Å². The average Bonchev–Trinajstić information content (AvgIpc) is 2.76. The maximum Gasteiger partial charge on any atom is 0.312 e. The molecule has 1 aromatic carbocycles. The van der Waals surface area contributed by atoms with Crippen LogP contribution in [0.5, 0.6) is 0 Å². The van der Waals surface area contributed by atoms with E-state index in [1.165, 1.54) is 22.5 Å². The third-order valence-electron chi connectivity index (χ3n) is 2.67. The molecule has 1 aromatic heterocycles. The number of hydrogen-bond acceptors (Lipinski definition) is 4. The first-order chi connectivity index (χ1) is 9.08. The second-order valence-corrected chi connectivity index (χ2v) is 5.43. The van der Waals surface area contributed by atoms with E-state index in [2.05, 4.69) is 37.0 Å². The second-order valence-electron chi connectivity index (χ2n) is 4.48. The van der Waals surface area contributed by atoms with Gasteiger partial charge in [-0.1, -0.05) is 17.2 Å². The molecule has 2 rings (SSSR count). The van der Waals surface area contributed by atoms with Crippen molar-refractivity contribution in [3.05, 3.63) is 39.7 Å². The van der Waals surface area contributed by atoms with Crippen LogP contribution in [-0.4, -0.2) is 17.6 Å². The van der Waals surface area contributed by atoms with Gasteiger partial charge in [0, 0.05) is 10.9 Å². The van der Waals surface area contributed by atoms with Crippen molar-refractivity contribution >= 4 is 17.3 Å². The Kier molecular flexibility index (Phi) is 4.32. The van der Waals surface area contributed by atoms with E-state index in [0.29, 0.717) is 6.61 Å². The van der Waals surface area contributed by atoms with Crippen LogP contribution in [-0.2, 0) is 16.0 Å². The summed E-state index contributed by atoms with van der Waals surface area (Å²) >= 11 is 1.50. The number of hydrogen-bond donors (Lipinski definition) is 0. The third-order valence-corrected chi connectivity index (χ3v) is 3.52. The predicted molar refractivity (Wildman–Crippen MR) is 77.4 cm³/mol. The van der Waals surface area contributed by atoms with Crippen LogP contribution in [0.1, 0.15) is 23.1 Å². The minimum absolute atomic E-state index is 0.219. The number of carbonyl (C=O) groups excluding carboxylic acids is 1. The fourth-order valence-electron chi connectivity index (χ4n) is 1.98. The van der Waals surface area contributed by atoms with Crippen LogP contribution in [0, 0.1) is 13.8 Å². The molecule has 0 fully saturated rings. The number of esters is 1. The highest BCUT2D eigenvalue weighted by molar-refractivity contribution is 7.10. The summed E-state index contributed by atoms with van der Waals surface area (Å²) in [6, 6.07) is 6.35. The summed E-state index contributed by atoms with van der Waals surface area (Å²) in [7, 11) is 0. The smallest absolute Gasteiger partial charge is 0.312 e. The standard InChI is InChI=1S/C15H17NO2S/c1-4-18-15(17)8-14-16-13(9-19-14)12-6-10(2)5-11(3)7-12/h5-7,9H,4,8H2,1-3H3. The van der Waals surface area contributed by atoms with Gasteiger partial charge < -0.3 is 4.74 Å². The molecule has 0 atom stereocenters. The van der Waals surface area contributed by atoms with E-state index in [9.17, 15) is 4.79 Å². The summed E-state index contributed by atoms with van der Waals surface area (Å²) < 4.78 is 4.93. The lowest BCUT2D eigenvalue weighted by Crippen LogP contribution is -2.07. The van der Waals surface area contributed by atoms with Gasteiger partial charge in [0.05, 0.1) is 18.7 Å². The maximum absolute atomic E-state index is 11.4. The Hall–Kier alpha value is -1.68. The molecule has 0 amide bonds. The van der Waals surface area contributed by atoms with Gasteiger partial charge in [0.2, 0.25) is 0 Å². The number of rotatable bonds is 4. The van der Waals surface area contributed by atoms with E-state index >= 15 is 0 Å². The van der Waals surface area contributed by atoms with Crippen LogP contribution >= 0.6 is 11.3 Å². The van der Waals surface area contributed by atoms with Gasteiger partial charge in [-0.25, -0.2) is 4.98 Å². The molecule has 2 aromatic rings. The first-order valence-electron chi connectivity index (χ1n) is 6.27. The molecule has 0 saturated carbocycles. The molecule has 3 nitrogen and oxygen atoms in total. The van der Waals surface area contributed by atoms with Gasteiger partial charge in [-0.3, -0.25) is 4.79 Å². The molecule has 0 unspecified atom stereocenters. The molecule has 4 heteroatoms. The Morgan fingerprint density at radius 1 is 1.26 bits per heavy atom. The number of aromatic nitrogens is 1. The molecule has 100 valence electrons. The molecule has 1 heterocycles. The number of thiazole rings is 1. The van der Waals surface area contributed by atoms with Crippen molar-refractivity contribution in [3.8, 4) is 11.3 Å². The first kappa shape index (κ1) is 13.7. The molecule has 19 heavy (non-hydrogen) atoms. The lowest BCUT2D eigenvalue weighted by atomic mass is 10.1. The summed E-state index contributed by atoms with van der Waals surface area (Å²) in [6.07, 6.45) is 0.253. The zero-order valence-corrected chi connectivity index (χ0v) is 12.2. The van der Waals surface area contributed by atoms with E-state index in [1.54, 1.807) is 6.92 Å². The van der Waals surface area contributed by atoms with Crippen molar-refractivity contribution < 1.29 is 9.53 Å². The van der Waals surface area contributed by atoms with Crippen LogP contribution in [0.3, 0.4) is 0 Å².